The van der Waals surface area contributed by atoms with Crippen LogP contribution < -0.4 is 15.0 Å². The van der Waals surface area contributed by atoms with Crippen molar-refractivity contribution in [1.82, 2.24) is 4.90 Å². The first-order chi connectivity index (χ1) is 18.4. The van der Waals surface area contributed by atoms with E-state index in [2.05, 4.69) is 40.4 Å². The summed E-state index contributed by atoms with van der Waals surface area (Å²) in [6.45, 7) is 5.39. The summed E-state index contributed by atoms with van der Waals surface area (Å²) in [5.74, 6) is 0.795. The molecular weight excluding hydrogens is 474 g/mol. The lowest BCUT2D eigenvalue weighted by Gasteiger charge is -2.35. The second kappa shape index (κ2) is 11.1. The zero-order valence-electron chi connectivity index (χ0n) is 22.2. The van der Waals surface area contributed by atoms with Crippen LogP contribution in [0.1, 0.15) is 22.8 Å². The smallest absolute Gasteiger partial charge is 0.228 e. The summed E-state index contributed by atoms with van der Waals surface area (Å²) in [6.07, 6.45) is 0.264. The van der Waals surface area contributed by atoms with Crippen molar-refractivity contribution >= 4 is 33.8 Å². The summed E-state index contributed by atoms with van der Waals surface area (Å²) in [6, 6.07) is 25.7. The average Bonchev–Trinajstić information content (AvgIpc) is 2.93. The first-order valence-electron chi connectivity index (χ1n) is 13.0. The van der Waals surface area contributed by atoms with E-state index in [0.717, 1.165) is 70.8 Å². The number of anilines is 2. The lowest BCUT2D eigenvalue weighted by atomic mass is 9.93. The highest BCUT2D eigenvalue weighted by atomic mass is 16.5. The van der Waals surface area contributed by atoms with E-state index in [1.54, 1.807) is 14.0 Å². The molecule has 1 fully saturated rings. The minimum absolute atomic E-state index is 0.0512. The highest BCUT2D eigenvalue weighted by Gasteiger charge is 2.19. The number of Topliss-reactive ketones (excluding diaryl/α,β-unsaturated/α-hetero) is 1. The van der Waals surface area contributed by atoms with Crippen molar-refractivity contribution in [3.8, 4) is 16.9 Å². The molecule has 4 aromatic carbocycles. The normalized spacial score (nSPS) is 13.9. The average molecular weight is 508 g/mol. The Labute approximate surface area is 223 Å². The summed E-state index contributed by atoms with van der Waals surface area (Å²) in [5, 5.41) is 5.22. The number of ketones is 1. The van der Waals surface area contributed by atoms with Crippen molar-refractivity contribution in [2.45, 2.75) is 13.3 Å². The Hall–Kier alpha value is -4.16. The van der Waals surface area contributed by atoms with Gasteiger partial charge in [-0.15, -0.1) is 0 Å². The van der Waals surface area contributed by atoms with Crippen molar-refractivity contribution in [2.75, 3.05) is 50.6 Å². The van der Waals surface area contributed by atoms with Gasteiger partial charge in [-0.1, -0.05) is 60.7 Å². The molecule has 1 aliphatic rings. The number of ether oxygens (including phenoxy) is 1. The zero-order valence-corrected chi connectivity index (χ0v) is 22.2. The molecule has 0 spiro atoms. The van der Waals surface area contributed by atoms with Crippen LogP contribution >= 0.6 is 0 Å². The number of nitrogens with one attached hydrogen (secondary N) is 1. The van der Waals surface area contributed by atoms with E-state index < -0.39 is 0 Å². The van der Waals surface area contributed by atoms with Gasteiger partial charge in [-0.05, 0) is 59.6 Å². The van der Waals surface area contributed by atoms with Gasteiger partial charge < -0.3 is 19.9 Å². The predicted molar refractivity (Wildman–Crippen MR) is 154 cm³/mol. The fourth-order valence-electron chi connectivity index (χ4n) is 5.09. The van der Waals surface area contributed by atoms with Gasteiger partial charge in [0.2, 0.25) is 5.91 Å². The third kappa shape index (κ3) is 5.41. The van der Waals surface area contributed by atoms with Crippen LogP contribution in [0.15, 0.2) is 78.9 Å². The summed E-state index contributed by atoms with van der Waals surface area (Å²) < 4.78 is 5.61. The van der Waals surface area contributed by atoms with Gasteiger partial charge in [0.15, 0.2) is 5.78 Å². The minimum Gasteiger partial charge on any atom is -0.495 e. The van der Waals surface area contributed by atoms with Gasteiger partial charge in [0, 0.05) is 37.4 Å². The summed E-state index contributed by atoms with van der Waals surface area (Å²) >= 11 is 0. The van der Waals surface area contributed by atoms with Gasteiger partial charge in [-0.25, -0.2) is 0 Å². The van der Waals surface area contributed by atoms with Crippen molar-refractivity contribution in [1.29, 1.82) is 0 Å². The van der Waals surface area contributed by atoms with E-state index in [4.69, 9.17) is 4.74 Å². The van der Waals surface area contributed by atoms with E-state index in [9.17, 15) is 9.59 Å². The van der Waals surface area contributed by atoms with E-state index in [1.807, 2.05) is 60.7 Å². The molecule has 6 heteroatoms. The maximum Gasteiger partial charge on any atom is 0.228 e. The molecule has 5 rings (SSSR count). The maximum absolute atomic E-state index is 13.2. The highest BCUT2D eigenvalue weighted by molar-refractivity contribution is 6.02. The molecule has 0 aliphatic carbocycles. The number of likely N-dealkylation sites (N-methyl/N-ethyl adjacent to an activating group) is 1. The van der Waals surface area contributed by atoms with Gasteiger partial charge in [-0.3, -0.25) is 9.59 Å². The molecule has 6 nitrogen and oxygen atoms in total. The van der Waals surface area contributed by atoms with E-state index in [-0.39, 0.29) is 18.1 Å². The van der Waals surface area contributed by atoms with Crippen LogP contribution in [0.2, 0.25) is 0 Å². The quantitative estimate of drug-likeness (QED) is 0.328. The number of carbonyl (C=O) groups excluding carboxylic acids is 2. The van der Waals surface area contributed by atoms with Gasteiger partial charge >= 0.3 is 0 Å². The van der Waals surface area contributed by atoms with E-state index >= 15 is 0 Å². The predicted octanol–water partition coefficient (Wildman–Crippen LogP) is 5.65. The molecule has 1 aliphatic heterocycles. The fraction of sp³-hybridized carbons (Fsp3) is 0.250. The zero-order chi connectivity index (χ0) is 26.6. The van der Waals surface area contributed by atoms with Crippen LogP contribution in [0.5, 0.6) is 5.75 Å². The molecule has 0 saturated carbocycles. The number of piperazine rings is 1. The molecule has 0 aromatic heterocycles. The fourth-order valence-corrected chi connectivity index (χ4v) is 5.09. The van der Waals surface area contributed by atoms with Crippen LogP contribution in [-0.4, -0.2) is 56.9 Å². The Morgan fingerprint density at radius 3 is 2.26 bits per heavy atom. The number of benzene rings is 4. The number of amides is 1. The van der Waals surface area contributed by atoms with E-state index in [0.29, 0.717) is 5.56 Å². The van der Waals surface area contributed by atoms with Crippen molar-refractivity contribution in [3.63, 3.8) is 0 Å². The largest absolute Gasteiger partial charge is 0.495 e. The van der Waals surface area contributed by atoms with Crippen molar-refractivity contribution in [3.05, 3.63) is 90.0 Å². The topological polar surface area (TPSA) is 61.9 Å². The first kappa shape index (κ1) is 25.5. The van der Waals surface area contributed by atoms with Crippen LogP contribution in [0.4, 0.5) is 11.4 Å². The number of carbonyl (C=O) groups is 2. The number of nitrogens with zero attached hydrogens (tertiary/aromatic N) is 2. The molecule has 4 aromatic rings. The molecule has 1 heterocycles. The Morgan fingerprint density at radius 2 is 1.58 bits per heavy atom. The van der Waals surface area contributed by atoms with Crippen LogP contribution in [-0.2, 0) is 11.2 Å². The third-order valence-electron chi connectivity index (χ3n) is 7.27. The van der Waals surface area contributed by atoms with Gasteiger partial charge in [0.05, 0.1) is 19.2 Å². The second-order valence-electron chi connectivity index (χ2n) is 9.85. The molecule has 0 atom stereocenters. The standard InChI is InChI=1S/C32H33N3O3/c1-22(36)23-8-10-24(11-9-23)28-14-12-25(27-6-4-5-7-29(27)28)20-32(37)33-26-13-15-31(38-3)30(21-26)35-18-16-34(2)17-19-35/h4-15,21H,16-20H2,1-3H3,(H,33,37). The Morgan fingerprint density at radius 1 is 0.868 bits per heavy atom. The molecule has 0 unspecified atom stereocenters. The van der Waals surface area contributed by atoms with Gasteiger partial charge in [0.25, 0.3) is 0 Å². The number of hydrogen-bond acceptors (Lipinski definition) is 5. The minimum atomic E-state index is -0.0665. The van der Waals surface area contributed by atoms with Gasteiger partial charge in [-0.2, -0.15) is 0 Å². The van der Waals surface area contributed by atoms with Gasteiger partial charge in [0.1, 0.15) is 5.75 Å². The van der Waals surface area contributed by atoms with Crippen molar-refractivity contribution < 1.29 is 14.3 Å². The molecule has 1 saturated heterocycles. The molecule has 1 amide bonds. The lowest BCUT2D eigenvalue weighted by molar-refractivity contribution is -0.115. The number of hydrogen-bond donors (Lipinski definition) is 1. The molecular formula is C32H33N3O3. The Bertz CT molecular complexity index is 1470. The molecule has 194 valence electrons. The Kier molecular flexibility index (Phi) is 7.43. The highest BCUT2D eigenvalue weighted by Crippen LogP contribution is 2.33. The summed E-state index contributed by atoms with van der Waals surface area (Å²) in [7, 11) is 3.81. The maximum atomic E-state index is 13.2. The van der Waals surface area contributed by atoms with Crippen LogP contribution in [0.3, 0.4) is 0 Å². The second-order valence-corrected chi connectivity index (χ2v) is 9.85. The lowest BCUT2D eigenvalue weighted by Crippen LogP contribution is -2.44. The van der Waals surface area contributed by atoms with E-state index in [1.165, 1.54) is 0 Å². The molecule has 38 heavy (non-hydrogen) atoms. The van der Waals surface area contributed by atoms with Crippen LogP contribution in [0, 0.1) is 0 Å². The molecule has 0 bridgehead atoms. The number of methoxy groups -OCH3 is 1. The van der Waals surface area contributed by atoms with Crippen molar-refractivity contribution in [2.24, 2.45) is 0 Å². The van der Waals surface area contributed by atoms with Crippen LogP contribution in [0.25, 0.3) is 21.9 Å². The SMILES string of the molecule is COc1ccc(NC(=O)Cc2ccc(-c3ccc(C(C)=O)cc3)c3ccccc23)cc1N1CCN(C)CC1. The first-order valence-corrected chi connectivity index (χ1v) is 13.0. The number of rotatable bonds is 7. The molecule has 1 N–H and O–H groups in total. The Balaban J connectivity index is 1.37. The monoisotopic (exact) mass is 507 g/mol. The summed E-state index contributed by atoms with van der Waals surface area (Å²) in [5.41, 5.74) is 5.54. The molecule has 0 radical (unpaired) electrons. The summed E-state index contributed by atoms with van der Waals surface area (Å²) in [4.78, 5) is 29.5. The number of fused-ring (bicyclic) bond motifs is 1. The third-order valence-corrected chi connectivity index (χ3v) is 7.27.